The number of aromatic nitrogens is 2. The van der Waals surface area contributed by atoms with Crippen LogP contribution in [0.1, 0.15) is 12.8 Å². The fourth-order valence-electron chi connectivity index (χ4n) is 1.74. The maximum atomic E-state index is 11.6. The van der Waals surface area contributed by atoms with Crippen molar-refractivity contribution in [1.29, 1.82) is 0 Å². The van der Waals surface area contributed by atoms with E-state index in [2.05, 4.69) is 15.5 Å². The van der Waals surface area contributed by atoms with E-state index < -0.39 is 0 Å². The van der Waals surface area contributed by atoms with Crippen LogP contribution in [0.5, 0.6) is 5.75 Å². The number of rotatable bonds is 5. The van der Waals surface area contributed by atoms with Gasteiger partial charge in [0.1, 0.15) is 12.3 Å². The molecule has 1 aromatic carbocycles. The number of methoxy groups -OCH3 is 1. The lowest BCUT2D eigenvalue weighted by Gasteiger charge is -2.14. The first-order chi connectivity index (χ1) is 10.1. The van der Waals surface area contributed by atoms with Gasteiger partial charge in [0, 0.05) is 19.2 Å². The smallest absolute Gasteiger partial charge is 0.317 e. The van der Waals surface area contributed by atoms with Gasteiger partial charge in [-0.1, -0.05) is 5.16 Å². The molecule has 0 aliphatic carbocycles. The van der Waals surface area contributed by atoms with Crippen LogP contribution in [0, 0.1) is 0 Å². The molecule has 0 aliphatic rings. The minimum Gasteiger partial charge on any atom is -0.497 e. The molecule has 2 amide bonds. The minimum atomic E-state index is -0.179. The normalized spacial score (nSPS) is 10.2. The largest absolute Gasteiger partial charge is 0.497 e. The van der Waals surface area contributed by atoms with Crippen molar-refractivity contribution in [3.8, 4) is 17.1 Å². The summed E-state index contributed by atoms with van der Waals surface area (Å²) in [5.41, 5.74) is 0.825. The number of nitrogens with zero attached hydrogens (tertiary/aromatic N) is 3. The molecule has 0 unspecified atom stereocenters. The van der Waals surface area contributed by atoms with Gasteiger partial charge in [0.05, 0.1) is 7.11 Å². The summed E-state index contributed by atoms with van der Waals surface area (Å²) in [5.74, 6) is 1.63. The van der Waals surface area contributed by atoms with E-state index in [0.29, 0.717) is 18.3 Å². The van der Waals surface area contributed by atoms with Gasteiger partial charge in [0.15, 0.2) is 0 Å². The Morgan fingerprint density at radius 3 is 2.71 bits per heavy atom. The molecule has 7 heteroatoms. The lowest BCUT2D eigenvalue weighted by Crippen LogP contribution is -2.36. The molecule has 0 atom stereocenters. The van der Waals surface area contributed by atoms with Crippen molar-refractivity contribution in [3.05, 3.63) is 30.2 Å². The van der Waals surface area contributed by atoms with Crippen LogP contribution >= 0.6 is 0 Å². The van der Waals surface area contributed by atoms with Crippen LogP contribution in [-0.2, 0) is 6.54 Å². The van der Waals surface area contributed by atoms with Crippen molar-refractivity contribution < 1.29 is 14.1 Å². The Kier molecular flexibility index (Phi) is 4.76. The van der Waals surface area contributed by atoms with E-state index >= 15 is 0 Å². The van der Waals surface area contributed by atoms with Gasteiger partial charge in [-0.05, 0) is 31.2 Å². The fraction of sp³-hybridized carbons (Fsp3) is 0.357. The Bertz CT molecular complexity index is 595. The highest BCUT2D eigenvalue weighted by Gasteiger charge is 2.14. The second kappa shape index (κ2) is 6.74. The number of hydrogen-bond donors (Lipinski definition) is 1. The number of carbonyl (C=O) groups is 1. The van der Waals surface area contributed by atoms with Crippen LogP contribution in [0.3, 0.4) is 0 Å². The van der Waals surface area contributed by atoms with Gasteiger partial charge in [-0.3, -0.25) is 0 Å². The molecule has 21 heavy (non-hydrogen) atoms. The molecule has 0 fully saturated rings. The van der Waals surface area contributed by atoms with E-state index in [1.807, 2.05) is 31.2 Å². The Hall–Kier alpha value is -2.57. The highest BCUT2D eigenvalue weighted by atomic mass is 16.5. The molecule has 0 aliphatic heterocycles. The summed E-state index contributed by atoms with van der Waals surface area (Å²) in [6, 6.07) is 7.17. The van der Waals surface area contributed by atoms with Crippen LogP contribution in [-0.4, -0.2) is 41.8 Å². The van der Waals surface area contributed by atoms with Crippen molar-refractivity contribution in [2.24, 2.45) is 0 Å². The van der Waals surface area contributed by atoms with Gasteiger partial charge in [0.25, 0.3) is 0 Å². The SMILES string of the molecule is CCNC(=O)N(C)Cc1nc(-c2ccc(OC)cc2)no1. The van der Waals surface area contributed by atoms with Crippen molar-refractivity contribution in [3.63, 3.8) is 0 Å². The standard InChI is InChI=1S/C14H18N4O3/c1-4-15-14(19)18(2)9-12-16-13(17-21-12)10-5-7-11(20-3)8-6-10/h5-8H,4,9H2,1-3H3,(H,15,19). The van der Waals surface area contributed by atoms with Gasteiger partial charge in [0.2, 0.25) is 11.7 Å². The molecule has 0 saturated carbocycles. The van der Waals surface area contributed by atoms with Crippen LogP contribution in [0.25, 0.3) is 11.4 Å². The molecule has 0 bridgehead atoms. The van der Waals surface area contributed by atoms with Crippen molar-refractivity contribution in [1.82, 2.24) is 20.4 Å². The lowest BCUT2D eigenvalue weighted by molar-refractivity contribution is 0.200. The van der Waals surface area contributed by atoms with Crippen LogP contribution in [0.2, 0.25) is 0 Å². The van der Waals surface area contributed by atoms with E-state index in [9.17, 15) is 4.79 Å². The van der Waals surface area contributed by atoms with Gasteiger partial charge in [-0.2, -0.15) is 4.98 Å². The minimum absolute atomic E-state index is 0.179. The van der Waals surface area contributed by atoms with Crippen LogP contribution in [0.15, 0.2) is 28.8 Å². The number of carbonyl (C=O) groups excluding carboxylic acids is 1. The zero-order valence-corrected chi connectivity index (χ0v) is 12.3. The quantitative estimate of drug-likeness (QED) is 0.909. The first-order valence-electron chi connectivity index (χ1n) is 6.60. The number of hydrogen-bond acceptors (Lipinski definition) is 5. The summed E-state index contributed by atoms with van der Waals surface area (Å²) in [4.78, 5) is 17.4. The molecule has 7 nitrogen and oxygen atoms in total. The van der Waals surface area contributed by atoms with Crippen molar-refractivity contribution in [2.45, 2.75) is 13.5 Å². The molecular formula is C14H18N4O3. The fourth-order valence-corrected chi connectivity index (χ4v) is 1.74. The molecule has 2 aromatic rings. The predicted octanol–water partition coefficient (Wildman–Crippen LogP) is 1.91. The number of amides is 2. The maximum Gasteiger partial charge on any atom is 0.317 e. The summed E-state index contributed by atoms with van der Waals surface area (Å²) in [5, 5.41) is 6.61. The highest BCUT2D eigenvalue weighted by Crippen LogP contribution is 2.19. The zero-order chi connectivity index (χ0) is 15.2. The zero-order valence-electron chi connectivity index (χ0n) is 12.3. The first-order valence-corrected chi connectivity index (χ1v) is 6.60. The maximum absolute atomic E-state index is 11.6. The molecule has 0 spiro atoms. The average Bonchev–Trinajstić information content (AvgIpc) is 2.96. The van der Waals surface area contributed by atoms with Crippen LogP contribution in [0.4, 0.5) is 4.79 Å². The summed E-state index contributed by atoms with van der Waals surface area (Å²) >= 11 is 0. The van der Waals surface area contributed by atoms with E-state index in [1.165, 1.54) is 4.90 Å². The highest BCUT2D eigenvalue weighted by molar-refractivity contribution is 5.73. The van der Waals surface area contributed by atoms with E-state index in [-0.39, 0.29) is 12.6 Å². The molecule has 1 heterocycles. The Labute approximate surface area is 122 Å². The van der Waals surface area contributed by atoms with Gasteiger partial charge in [-0.15, -0.1) is 0 Å². The van der Waals surface area contributed by atoms with Crippen molar-refractivity contribution in [2.75, 3.05) is 20.7 Å². The van der Waals surface area contributed by atoms with Gasteiger partial charge < -0.3 is 19.5 Å². The Morgan fingerprint density at radius 2 is 2.10 bits per heavy atom. The predicted molar refractivity (Wildman–Crippen MR) is 76.8 cm³/mol. The van der Waals surface area contributed by atoms with Crippen molar-refractivity contribution >= 4 is 6.03 Å². The van der Waals surface area contributed by atoms with E-state index in [1.54, 1.807) is 14.2 Å². The number of ether oxygens (including phenoxy) is 1. The topological polar surface area (TPSA) is 80.5 Å². The number of nitrogens with one attached hydrogen (secondary N) is 1. The average molecular weight is 290 g/mol. The third-order valence-electron chi connectivity index (χ3n) is 2.86. The molecule has 0 radical (unpaired) electrons. The third kappa shape index (κ3) is 3.71. The molecule has 1 N–H and O–H groups in total. The van der Waals surface area contributed by atoms with E-state index in [0.717, 1.165) is 11.3 Å². The summed E-state index contributed by atoms with van der Waals surface area (Å²) in [6.07, 6.45) is 0. The Balaban J connectivity index is 2.05. The summed E-state index contributed by atoms with van der Waals surface area (Å²) in [7, 11) is 3.28. The third-order valence-corrected chi connectivity index (χ3v) is 2.86. The summed E-state index contributed by atoms with van der Waals surface area (Å²) in [6.45, 7) is 2.69. The number of benzene rings is 1. The molecule has 2 rings (SSSR count). The molecule has 0 saturated heterocycles. The molecular weight excluding hydrogens is 272 g/mol. The number of urea groups is 1. The molecule has 1 aromatic heterocycles. The summed E-state index contributed by atoms with van der Waals surface area (Å²) < 4.78 is 10.3. The lowest BCUT2D eigenvalue weighted by atomic mass is 10.2. The second-order valence-electron chi connectivity index (χ2n) is 4.43. The monoisotopic (exact) mass is 290 g/mol. The van der Waals surface area contributed by atoms with Crippen LogP contribution < -0.4 is 10.1 Å². The molecule has 112 valence electrons. The second-order valence-corrected chi connectivity index (χ2v) is 4.43. The first kappa shape index (κ1) is 14.8. The van der Waals surface area contributed by atoms with Gasteiger partial charge in [-0.25, -0.2) is 4.79 Å². The van der Waals surface area contributed by atoms with E-state index in [4.69, 9.17) is 9.26 Å². The van der Waals surface area contributed by atoms with Gasteiger partial charge >= 0.3 is 6.03 Å². The Morgan fingerprint density at radius 1 is 1.38 bits per heavy atom.